The molecule has 0 saturated carbocycles. The molecule has 0 bridgehead atoms. The van der Waals surface area contributed by atoms with Crippen LogP contribution in [0.3, 0.4) is 0 Å². The van der Waals surface area contributed by atoms with Crippen LogP contribution in [0.25, 0.3) is 10.9 Å². The van der Waals surface area contributed by atoms with Gasteiger partial charge in [0.25, 0.3) is 0 Å². The van der Waals surface area contributed by atoms with Gasteiger partial charge in [-0.2, -0.15) is 0 Å². The zero-order valence-electron chi connectivity index (χ0n) is 8.71. The SMILES string of the molecule is Cc1c(CN)c2c(O)c(Br)ccc2n1C. The number of hydrogen-bond acceptors (Lipinski definition) is 2. The minimum absolute atomic E-state index is 0.275. The fourth-order valence-electron chi connectivity index (χ4n) is 1.95. The summed E-state index contributed by atoms with van der Waals surface area (Å²) in [6, 6.07) is 3.82. The Morgan fingerprint density at radius 1 is 1.47 bits per heavy atom. The molecule has 0 atom stereocenters. The van der Waals surface area contributed by atoms with Crippen LogP contribution in [0, 0.1) is 6.92 Å². The van der Waals surface area contributed by atoms with Crippen molar-refractivity contribution < 1.29 is 5.11 Å². The van der Waals surface area contributed by atoms with Crippen LogP contribution in [0.1, 0.15) is 11.3 Å². The Labute approximate surface area is 96.6 Å². The quantitative estimate of drug-likeness (QED) is 0.835. The smallest absolute Gasteiger partial charge is 0.139 e. The van der Waals surface area contributed by atoms with Crippen LogP contribution in [0.2, 0.25) is 0 Å². The largest absolute Gasteiger partial charge is 0.506 e. The molecule has 0 saturated heterocycles. The number of hydrogen-bond donors (Lipinski definition) is 2. The number of nitrogens with two attached hydrogens (primary N) is 1. The zero-order chi connectivity index (χ0) is 11.2. The molecule has 1 aromatic heterocycles. The molecule has 0 fully saturated rings. The normalized spacial score (nSPS) is 11.2. The van der Waals surface area contributed by atoms with E-state index >= 15 is 0 Å². The molecule has 1 heterocycles. The van der Waals surface area contributed by atoms with Crippen LogP contribution >= 0.6 is 15.9 Å². The third kappa shape index (κ3) is 1.36. The van der Waals surface area contributed by atoms with E-state index in [9.17, 15) is 5.11 Å². The van der Waals surface area contributed by atoms with E-state index in [1.54, 1.807) is 0 Å². The summed E-state index contributed by atoms with van der Waals surface area (Å²) in [4.78, 5) is 0. The Hall–Kier alpha value is -1.00. The zero-order valence-corrected chi connectivity index (χ0v) is 10.3. The first-order valence-corrected chi connectivity index (χ1v) is 5.52. The molecule has 80 valence electrons. The van der Waals surface area contributed by atoms with Crippen LogP contribution in [0.4, 0.5) is 0 Å². The monoisotopic (exact) mass is 268 g/mol. The van der Waals surface area contributed by atoms with Crippen LogP contribution in [0.15, 0.2) is 16.6 Å². The molecule has 3 nitrogen and oxygen atoms in total. The fourth-order valence-corrected chi connectivity index (χ4v) is 2.28. The second-order valence-corrected chi connectivity index (χ2v) is 4.47. The standard InChI is InChI=1S/C11H13BrN2O/c1-6-7(5-13)10-9(14(6)2)4-3-8(12)11(10)15/h3-4,15H,5,13H2,1-2H3. The fraction of sp³-hybridized carbons (Fsp3) is 0.273. The first-order valence-electron chi connectivity index (χ1n) is 4.73. The molecule has 0 amide bonds. The third-order valence-electron chi connectivity index (χ3n) is 2.91. The van der Waals surface area contributed by atoms with Crippen molar-refractivity contribution in [3.8, 4) is 5.75 Å². The number of halogens is 1. The van der Waals surface area contributed by atoms with E-state index in [4.69, 9.17) is 5.73 Å². The summed E-state index contributed by atoms with van der Waals surface area (Å²) in [6.07, 6.45) is 0. The molecule has 0 aliphatic heterocycles. The summed E-state index contributed by atoms with van der Waals surface area (Å²) in [7, 11) is 1.98. The van der Waals surface area contributed by atoms with Crippen molar-refractivity contribution in [2.75, 3.05) is 0 Å². The summed E-state index contributed by atoms with van der Waals surface area (Å²) in [5, 5.41) is 10.8. The molecule has 2 rings (SSSR count). The van der Waals surface area contributed by atoms with Crippen molar-refractivity contribution in [3.05, 3.63) is 27.9 Å². The molecule has 3 N–H and O–H groups in total. The van der Waals surface area contributed by atoms with Gasteiger partial charge in [0.15, 0.2) is 0 Å². The number of nitrogens with zero attached hydrogens (tertiary/aromatic N) is 1. The van der Waals surface area contributed by atoms with Gasteiger partial charge in [0.2, 0.25) is 0 Å². The van der Waals surface area contributed by atoms with Gasteiger partial charge in [-0.1, -0.05) is 0 Å². The molecule has 15 heavy (non-hydrogen) atoms. The molecule has 1 aromatic carbocycles. The highest BCUT2D eigenvalue weighted by Crippen LogP contribution is 2.37. The van der Waals surface area contributed by atoms with Gasteiger partial charge in [0.05, 0.1) is 9.99 Å². The van der Waals surface area contributed by atoms with Crippen molar-refractivity contribution in [2.45, 2.75) is 13.5 Å². The lowest BCUT2D eigenvalue weighted by Crippen LogP contribution is -1.99. The Bertz CT molecular complexity index is 531. The van der Waals surface area contributed by atoms with Gasteiger partial charge >= 0.3 is 0 Å². The van der Waals surface area contributed by atoms with E-state index in [1.165, 1.54) is 0 Å². The number of benzene rings is 1. The summed E-state index contributed by atoms with van der Waals surface area (Å²) < 4.78 is 2.75. The van der Waals surface area contributed by atoms with E-state index in [1.807, 2.05) is 30.7 Å². The minimum Gasteiger partial charge on any atom is -0.506 e. The van der Waals surface area contributed by atoms with Gasteiger partial charge in [-0.3, -0.25) is 0 Å². The lowest BCUT2D eigenvalue weighted by molar-refractivity contribution is 0.478. The summed E-state index contributed by atoms with van der Waals surface area (Å²) >= 11 is 3.31. The molecule has 4 heteroatoms. The summed E-state index contributed by atoms with van der Waals surface area (Å²) in [6.45, 7) is 2.45. The first kappa shape index (κ1) is 10.5. The lowest BCUT2D eigenvalue weighted by atomic mass is 10.1. The van der Waals surface area contributed by atoms with E-state index < -0.39 is 0 Å². The number of aryl methyl sites for hydroxylation is 1. The molecular formula is C11H13BrN2O. The van der Waals surface area contributed by atoms with Crippen molar-refractivity contribution in [2.24, 2.45) is 12.8 Å². The Morgan fingerprint density at radius 3 is 2.73 bits per heavy atom. The van der Waals surface area contributed by atoms with Crippen molar-refractivity contribution in [1.29, 1.82) is 0 Å². The van der Waals surface area contributed by atoms with Crippen LogP contribution in [0.5, 0.6) is 5.75 Å². The van der Waals surface area contributed by atoms with Crippen molar-refractivity contribution in [3.63, 3.8) is 0 Å². The van der Waals surface area contributed by atoms with E-state index in [0.717, 1.165) is 22.2 Å². The van der Waals surface area contributed by atoms with Gasteiger partial charge in [-0.25, -0.2) is 0 Å². The second-order valence-electron chi connectivity index (χ2n) is 3.62. The number of phenols is 1. The van der Waals surface area contributed by atoms with E-state index in [2.05, 4.69) is 15.9 Å². The molecule has 0 aliphatic carbocycles. The van der Waals surface area contributed by atoms with Gasteiger partial charge in [0, 0.05) is 24.7 Å². The maximum atomic E-state index is 9.99. The second kappa shape index (κ2) is 3.54. The molecular weight excluding hydrogens is 256 g/mol. The average Bonchev–Trinajstić information content (AvgIpc) is 2.47. The number of aromatic nitrogens is 1. The third-order valence-corrected chi connectivity index (χ3v) is 3.55. The lowest BCUT2D eigenvalue weighted by Gasteiger charge is -2.01. The number of aromatic hydroxyl groups is 1. The number of fused-ring (bicyclic) bond motifs is 1. The Kier molecular flexibility index (Phi) is 2.48. The van der Waals surface area contributed by atoms with Gasteiger partial charge in [0.1, 0.15) is 5.75 Å². The Morgan fingerprint density at radius 2 is 2.13 bits per heavy atom. The predicted molar refractivity (Wildman–Crippen MR) is 64.9 cm³/mol. The molecule has 0 radical (unpaired) electrons. The predicted octanol–water partition coefficient (Wildman–Crippen LogP) is 2.41. The highest BCUT2D eigenvalue weighted by Gasteiger charge is 2.15. The highest BCUT2D eigenvalue weighted by atomic mass is 79.9. The number of rotatable bonds is 1. The van der Waals surface area contributed by atoms with E-state index in [0.29, 0.717) is 11.0 Å². The minimum atomic E-state index is 0.275. The van der Waals surface area contributed by atoms with Crippen LogP contribution in [-0.2, 0) is 13.6 Å². The maximum Gasteiger partial charge on any atom is 0.139 e. The van der Waals surface area contributed by atoms with Gasteiger partial charge in [-0.05, 0) is 40.5 Å². The Balaban J connectivity index is 2.98. The van der Waals surface area contributed by atoms with Crippen molar-refractivity contribution >= 4 is 26.8 Å². The van der Waals surface area contributed by atoms with E-state index in [-0.39, 0.29) is 5.75 Å². The first-order chi connectivity index (χ1) is 7.07. The number of phenolic OH excluding ortho intramolecular Hbond substituents is 1. The molecule has 0 aliphatic rings. The molecule has 0 spiro atoms. The van der Waals surface area contributed by atoms with Gasteiger partial charge in [-0.15, -0.1) is 0 Å². The highest BCUT2D eigenvalue weighted by molar-refractivity contribution is 9.10. The van der Waals surface area contributed by atoms with Crippen molar-refractivity contribution in [1.82, 2.24) is 4.57 Å². The molecule has 2 aromatic rings. The summed E-state index contributed by atoms with van der Waals surface area (Å²) in [5.41, 5.74) is 8.82. The molecule has 0 unspecified atom stereocenters. The van der Waals surface area contributed by atoms with Gasteiger partial charge < -0.3 is 15.4 Å². The summed E-state index contributed by atoms with van der Waals surface area (Å²) in [5.74, 6) is 0.275. The topological polar surface area (TPSA) is 51.2 Å². The average molecular weight is 269 g/mol. The van der Waals surface area contributed by atoms with Crippen LogP contribution in [-0.4, -0.2) is 9.67 Å². The van der Waals surface area contributed by atoms with Crippen LogP contribution < -0.4 is 5.73 Å². The maximum absolute atomic E-state index is 9.99.